The first kappa shape index (κ1) is 25.1. The van der Waals surface area contributed by atoms with Gasteiger partial charge in [0.25, 0.3) is 11.5 Å². The molecule has 34 heavy (non-hydrogen) atoms. The number of carbonyl (C=O) groups excluding carboxylic acids is 2. The van der Waals surface area contributed by atoms with Crippen molar-refractivity contribution in [3.63, 3.8) is 0 Å². The van der Waals surface area contributed by atoms with Crippen LogP contribution in [-0.4, -0.2) is 47.2 Å². The number of nitrogens with zero attached hydrogens (tertiary/aromatic N) is 3. The minimum Gasteiger partial charge on any atom is -0.299 e. The number of sulfonamides is 1. The summed E-state index contributed by atoms with van der Waals surface area (Å²) in [6.45, 7) is 4.39. The Hall–Kier alpha value is -3.57. The van der Waals surface area contributed by atoms with Gasteiger partial charge in [0.1, 0.15) is 0 Å². The van der Waals surface area contributed by atoms with Crippen LogP contribution in [0.4, 0.5) is 0 Å². The molecular formula is C23H27N5O5S. The molecule has 0 unspecified atom stereocenters. The number of fused-ring (bicyclic) bond motifs is 1. The average Bonchev–Trinajstić information content (AvgIpc) is 2.84. The highest BCUT2D eigenvalue weighted by molar-refractivity contribution is 7.89. The zero-order chi connectivity index (χ0) is 24.7. The lowest BCUT2D eigenvalue weighted by Gasteiger charge is -2.18. The normalized spacial score (nSPS) is 11.5. The van der Waals surface area contributed by atoms with E-state index in [1.165, 1.54) is 39.5 Å². The Labute approximate surface area is 197 Å². The van der Waals surface area contributed by atoms with Crippen LogP contribution in [0.5, 0.6) is 0 Å². The molecule has 0 spiro atoms. The van der Waals surface area contributed by atoms with Crippen molar-refractivity contribution in [2.24, 2.45) is 0 Å². The maximum Gasteiger partial charge on any atom is 0.269 e. The first-order valence-electron chi connectivity index (χ1n) is 10.9. The van der Waals surface area contributed by atoms with E-state index in [0.717, 1.165) is 0 Å². The van der Waals surface area contributed by atoms with Crippen LogP contribution >= 0.6 is 0 Å². The smallest absolute Gasteiger partial charge is 0.269 e. The molecule has 0 bridgehead atoms. The zero-order valence-electron chi connectivity index (χ0n) is 19.0. The minimum absolute atomic E-state index is 0.00427. The van der Waals surface area contributed by atoms with Gasteiger partial charge in [0.2, 0.25) is 15.9 Å². The van der Waals surface area contributed by atoms with Crippen LogP contribution in [0.2, 0.25) is 0 Å². The van der Waals surface area contributed by atoms with Crippen molar-refractivity contribution in [2.75, 3.05) is 13.1 Å². The summed E-state index contributed by atoms with van der Waals surface area (Å²) in [6.07, 6.45) is 1.87. The van der Waals surface area contributed by atoms with E-state index in [2.05, 4.69) is 15.8 Å². The van der Waals surface area contributed by atoms with E-state index in [4.69, 9.17) is 0 Å². The van der Waals surface area contributed by atoms with Gasteiger partial charge in [0, 0.05) is 31.6 Å². The standard InChI is InChI=1S/C23H27N5O5S/c1-3-28(4-2)34(32,33)18-10-7-9-17(15-18)22(30)26-25-21(29)13-8-14-27-16-24-20-12-6-5-11-19(20)23(27)31/h5-7,9-12,15-16H,3-4,8,13-14H2,1-2H3,(H,25,29)(H,26,30). The van der Waals surface area contributed by atoms with Crippen molar-refractivity contribution >= 4 is 32.7 Å². The Morgan fingerprint density at radius 1 is 1.03 bits per heavy atom. The number of hydrazine groups is 1. The lowest BCUT2D eigenvalue weighted by molar-refractivity contribution is -0.122. The second kappa shape index (κ2) is 11.0. The summed E-state index contributed by atoms with van der Waals surface area (Å²) in [5, 5.41) is 0.506. The van der Waals surface area contributed by atoms with Crippen molar-refractivity contribution in [3.05, 3.63) is 70.8 Å². The number of aryl methyl sites for hydroxylation is 1. The fourth-order valence-electron chi connectivity index (χ4n) is 3.45. The number of nitrogens with one attached hydrogen (secondary N) is 2. The van der Waals surface area contributed by atoms with Crippen LogP contribution < -0.4 is 16.4 Å². The molecule has 180 valence electrons. The van der Waals surface area contributed by atoms with Crippen molar-refractivity contribution in [3.8, 4) is 0 Å². The van der Waals surface area contributed by atoms with Gasteiger partial charge >= 0.3 is 0 Å². The van der Waals surface area contributed by atoms with E-state index < -0.39 is 21.8 Å². The van der Waals surface area contributed by atoms with E-state index in [-0.39, 0.29) is 22.4 Å². The number of aromatic nitrogens is 2. The second-order valence-electron chi connectivity index (χ2n) is 7.48. The molecule has 2 amide bonds. The highest BCUT2D eigenvalue weighted by Gasteiger charge is 2.22. The zero-order valence-corrected chi connectivity index (χ0v) is 19.8. The topological polar surface area (TPSA) is 130 Å². The first-order valence-corrected chi connectivity index (χ1v) is 12.4. The molecule has 0 aliphatic carbocycles. The van der Waals surface area contributed by atoms with Gasteiger partial charge in [-0.25, -0.2) is 13.4 Å². The average molecular weight is 486 g/mol. The number of para-hydroxylation sites is 1. The fraction of sp³-hybridized carbons (Fsp3) is 0.304. The molecule has 3 rings (SSSR count). The van der Waals surface area contributed by atoms with E-state index in [1.54, 1.807) is 38.1 Å². The summed E-state index contributed by atoms with van der Waals surface area (Å²) in [6, 6.07) is 12.7. The number of carbonyl (C=O) groups is 2. The third kappa shape index (κ3) is 5.67. The molecule has 1 heterocycles. The fourth-order valence-corrected chi connectivity index (χ4v) is 4.95. The molecule has 0 aliphatic rings. The van der Waals surface area contributed by atoms with Crippen LogP contribution in [0.15, 0.2) is 64.5 Å². The number of benzene rings is 2. The van der Waals surface area contributed by atoms with E-state index >= 15 is 0 Å². The molecule has 10 nitrogen and oxygen atoms in total. The number of rotatable bonds is 9. The summed E-state index contributed by atoms with van der Waals surface area (Å²) in [7, 11) is -3.71. The second-order valence-corrected chi connectivity index (χ2v) is 9.42. The van der Waals surface area contributed by atoms with Crippen LogP contribution in [0.1, 0.15) is 37.0 Å². The Morgan fingerprint density at radius 2 is 1.76 bits per heavy atom. The van der Waals surface area contributed by atoms with E-state index in [0.29, 0.717) is 37.0 Å². The first-order chi connectivity index (χ1) is 16.3. The van der Waals surface area contributed by atoms with Gasteiger partial charge < -0.3 is 0 Å². The van der Waals surface area contributed by atoms with Gasteiger partial charge in [-0.15, -0.1) is 0 Å². The molecule has 11 heteroatoms. The predicted octanol–water partition coefficient (Wildman–Crippen LogP) is 1.67. The van der Waals surface area contributed by atoms with Gasteiger partial charge in [-0.05, 0) is 36.8 Å². The van der Waals surface area contributed by atoms with Crippen LogP contribution in [0.3, 0.4) is 0 Å². The molecule has 0 aliphatic heterocycles. The summed E-state index contributed by atoms with van der Waals surface area (Å²) >= 11 is 0. The van der Waals surface area contributed by atoms with Crippen LogP contribution in [-0.2, 0) is 21.4 Å². The van der Waals surface area contributed by atoms with E-state index in [9.17, 15) is 22.8 Å². The molecule has 2 aromatic carbocycles. The monoisotopic (exact) mass is 485 g/mol. The number of hydrogen-bond donors (Lipinski definition) is 2. The Bertz CT molecular complexity index is 1350. The molecule has 1 aromatic heterocycles. The third-order valence-electron chi connectivity index (χ3n) is 5.29. The Kier molecular flexibility index (Phi) is 8.13. The molecule has 0 saturated heterocycles. The number of hydrogen-bond acceptors (Lipinski definition) is 6. The molecule has 0 saturated carbocycles. The van der Waals surface area contributed by atoms with Gasteiger partial charge in [-0.1, -0.05) is 32.0 Å². The Balaban J connectivity index is 1.54. The molecular weight excluding hydrogens is 458 g/mol. The summed E-state index contributed by atoms with van der Waals surface area (Å²) in [4.78, 5) is 41.3. The molecule has 3 aromatic rings. The third-order valence-corrected chi connectivity index (χ3v) is 7.34. The SMILES string of the molecule is CCN(CC)S(=O)(=O)c1cccc(C(=O)NNC(=O)CCCn2cnc3ccccc3c2=O)c1. The summed E-state index contributed by atoms with van der Waals surface area (Å²) < 4.78 is 28.1. The van der Waals surface area contributed by atoms with E-state index in [1.807, 2.05) is 0 Å². The largest absolute Gasteiger partial charge is 0.299 e. The van der Waals surface area contributed by atoms with Crippen LogP contribution in [0, 0.1) is 0 Å². The van der Waals surface area contributed by atoms with Crippen molar-refractivity contribution in [1.29, 1.82) is 0 Å². The lowest BCUT2D eigenvalue weighted by Crippen LogP contribution is -2.41. The molecule has 0 fully saturated rings. The quantitative estimate of drug-likeness (QED) is 0.444. The van der Waals surface area contributed by atoms with Gasteiger partial charge in [0.05, 0.1) is 22.1 Å². The van der Waals surface area contributed by atoms with Crippen molar-refractivity contribution in [1.82, 2.24) is 24.7 Å². The highest BCUT2D eigenvalue weighted by Crippen LogP contribution is 2.17. The van der Waals surface area contributed by atoms with Gasteiger partial charge in [-0.2, -0.15) is 4.31 Å². The van der Waals surface area contributed by atoms with Crippen molar-refractivity contribution in [2.45, 2.75) is 38.1 Å². The molecule has 0 radical (unpaired) electrons. The maximum atomic E-state index is 12.7. The minimum atomic E-state index is -3.71. The maximum absolute atomic E-state index is 12.7. The lowest BCUT2D eigenvalue weighted by atomic mass is 10.2. The molecule has 0 atom stereocenters. The Morgan fingerprint density at radius 3 is 2.50 bits per heavy atom. The number of amides is 2. The highest BCUT2D eigenvalue weighted by atomic mass is 32.2. The van der Waals surface area contributed by atoms with Gasteiger partial charge in [0.15, 0.2) is 0 Å². The van der Waals surface area contributed by atoms with Crippen molar-refractivity contribution < 1.29 is 18.0 Å². The van der Waals surface area contributed by atoms with Crippen LogP contribution in [0.25, 0.3) is 10.9 Å². The van der Waals surface area contributed by atoms with Gasteiger partial charge in [-0.3, -0.25) is 29.8 Å². The molecule has 2 N–H and O–H groups in total. The summed E-state index contributed by atoms with van der Waals surface area (Å²) in [5.74, 6) is -1.08. The predicted molar refractivity (Wildman–Crippen MR) is 127 cm³/mol. The summed E-state index contributed by atoms with van der Waals surface area (Å²) in [5.41, 5.74) is 5.13.